The molecule has 0 atom stereocenters. The van der Waals surface area contributed by atoms with E-state index in [9.17, 15) is 5.11 Å². The quantitative estimate of drug-likeness (QED) is 0.834. The summed E-state index contributed by atoms with van der Waals surface area (Å²) in [5.74, 6) is 1.51. The van der Waals surface area contributed by atoms with Gasteiger partial charge in [0.05, 0.1) is 5.60 Å². The third-order valence-corrected chi connectivity index (χ3v) is 4.24. The van der Waals surface area contributed by atoms with Crippen LogP contribution in [0.15, 0.2) is 6.33 Å². The number of aromatic nitrogens is 3. The molecule has 0 bridgehead atoms. The molecule has 1 fully saturated rings. The van der Waals surface area contributed by atoms with E-state index in [1.807, 2.05) is 0 Å². The zero-order valence-electron chi connectivity index (χ0n) is 11.4. The average molecular weight is 252 g/mol. The third-order valence-electron chi connectivity index (χ3n) is 4.24. The molecule has 0 amide bonds. The van der Waals surface area contributed by atoms with Crippen LogP contribution in [0.3, 0.4) is 0 Å². The molecule has 18 heavy (non-hydrogen) atoms. The predicted octanol–water partition coefficient (Wildman–Crippen LogP) is 1.54. The van der Waals surface area contributed by atoms with Crippen LogP contribution < -0.4 is 0 Å². The van der Waals surface area contributed by atoms with Gasteiger partial charge in [0.15, 0.2) is 0 Å². The highest BCUT2D eigenvalue weighted by Gasteiger charge is 2.29. The second-order valence-corrected chi connectivity index (χ2v) is 5.35. The summed E-state index contributed by atoms with van der Waals surface area (Å²) < 4.78 is 0. The Morgan fingerprint density at radius 3 is 2.56 bits per heavy atom. The van der Waals surface area contributed by atoms with Crippen molar-refractivity contribution in [2.24, 2.45) is 0 Å². The predicted molar refractivity (Wildman–Crippen MR) is 70.3 cm³/mol. The molecule has 1 saturated heterocycles. The number of H-pyrrole nitrogens is 1. The van der Waals surface area contributed by atoms with E-state index in [0.29, 0.717) is 5.92 Å². The van der Waals surface area contributed by atoms with Crippen molar-refractivity contribution >= 4 is 0 Å². The van der Waals surface area contributed by atoms with Gasteiger partial charge in [0, 0.05) is 12.5 Å². The van der Waals surface area contributed by atoms with Crippen molar-refractivity contribution in [3.05, 3.63) is 12.2 Å². The van der Waals surface area contributed by atoms with Crippen LogP contribution in [0.2, 0.25) is 0 Å². The number of β-amino-alcohol motifs (C(OH)–C–C–N with tert-alkyl or cyclic N) is 1. The van der Waals surface area contributed by atoms with Gasteiger partial charge in [0.1, 0.15) is 12.2 Å². The van der Waals surface area contributed by atoms with E-state index in [-0.39, 0.29) is 0 Å². The van der Waals surface area contributed by atoms with Crippen LogP contribution in [-0.2, 0) is 0 Å². The normalized spacial score (nSPS) is 19.3. The standard InChI is InChI=1S/C13H24N4O/c1-3-13(18,4-2)9-17-7-5-11(6-8-17)12-14-10-15-16-12/h10-11,18H,3-9H2,1-2H3,(H,14,15,16). The van der Waals surface area contributed by atoms with E-state index in [1.54, 1.807) is 6.33 Å². The Balaban J connectivity index is 1.83. The zero-order chi connectivity index (χ0) is 13.0. The molecule has 1 aliphatic heterocycles. The zero-order valence-corrected chi connectivity index (χ0v) is 11.4. The fraction of sp³-hybridized carbons (Fsp3) is 0.846. The Morgan fingerprint density at radius 2 is 2.06 bits per heavy atom. The van der Waals surface area contributed by atoms with Crippen LogP contribution in [0, 0.1) is 0 Å². The number of nitrogens with zero attached hydrogens (tertiary/aromatic N) is 3. The summed E-state index contributed by atoms with van der Waals surface area (Å²) in [5.41, 5.74) is -0.515. The molecule has 1 aliphatic rings. The Hall–Kier alpha value is -0.940. The SMILES string of the molecule is CCC(O)(CC)CN1CCC(c2ncn[nH]2)CC1. The third kappa shape index (κ3) is 3.09. The van der Waals surface area contributed by atoms with Gasteiger partial charge in [-0.05, 0) is 38.8 Å². The molecule has 0 spiro atoms. The minimum atomic E-state index is -0.515. The summed E-state index contributed by atoms with van der Waals surface area (Å²) in [7, 11) is 0. The fourth-order valence-corrected chi connectivity index (χ4v) is 2.67. The van der Waals surface area contributed by atoms with Crippen LogP contribution in [0.25, 0.3) is 0 Å². The number of aromatic amines is 1. The van der Waals surface area contributed by atoms with Gasteiger partial charge in [-0.3, -0.25) is 5.10 Å². The molecule has 5 heteroatoms. The second kappa shape index (κ2) is 5.80. The molecule has 0 radical (unpaired) electrons. The first-order valence-corrected chi connectivity index (χ1v) is 6.97. The molecule has 2 rings (SSSR count). The summed E-state index contributed by atoms with van der Waals surface area (Å²) in [6.45, 7) is 6.99. The fourth-order valence-electron chi connectivity index (χ4n) is 2.67. The number of piperidine rings is 1. The lowest BCUT2D eigenvalue weighted by Gasteiger charge is -2.37. The van der Waals surface area contributed by atoms with Crippen LogP contribution in [0.1, 0.15) is 51.3 Å². The van der Waals surface area contributed by atoms with Crippen LogP contribution in [0.5, 0.6) is 0 Å². The van der Waals surface area contributed by atoms with E-state index >= 15 is 0 Å². The van der Waals surface area contributed by atoms with Gasteiger partial charge in [-0.1, -0.05) is 13.8 Å². The first-order chi connectivity index (χ1) is 8.67. The minimum absolute atomic E-state index is 0.500. The number of rotatable bonds is 5. The summed E-state index contributed by atoms with van der Waals surface area (Å²) in [4.78, 5) is 6.61. The van der Waals surface area contributed by atoms with Gasteiger partial charge in [0.2, 0.25) is 0 Å². The van der Waals surface area contributed by atoms with Crippen LogP contribution >= 0.6 is 0 Å². The van der Waals surface area contributed by atoms with Gasteiger partial charge in [0.25, 0.3) is 0 Å². The van der Waals surface area contributed by atoms with Gasteiger partial charge >= 0.3 is 0 Å². The molecule has 0 aliphatic carbocycles. The molecule has 102 valence electrons. The maximum absolute atomic E-state index is 10.4. The molecule has 5 nitrogen and oxygen atoms in total. The number of likely N-dealkylation sites (tertiary alicyclic amines) is 1. The van der Waals surface area contributed by atoms with E-state index in [2.05, 4.69) is 33.9 Å². The summed E-state index contributed by atoms with van der Waals surface area (Å²) in [6.07, 6.45) is 5.42. The lowest BCUT2D eigenvalue weighted by molar-refractivity contribution is -0.00922. The minimum Gasteiger partial charge on any atom is -0.389 e. The van der Waals surface area contributed by atoms with Gasteiger partial charge in [-0.2, -0.15) is 5.10 Å². The monoisotopic (exact) mass is 252 g/mol. The van der Waals surface area contributed by atoms with Crippen molar-refractivity contribution < 1.29 is 5.11 Å². The van der Waals surface area contributed by atoms with Gasteiger partial charge in [-0.15, -0.1) is 0 Å². The molecule has 1 aromatic heterocycles. The Labute approximate surface area is 109 Å². The highest BCUT2D eigenvalue weighted by atomic mass is 16.3. The highest BCUT2D eigenvalue weighted by molar-refractivity contribution is 4.96. The van der Waals surface area contributed by atoms with Crippen molar-refractivity contribution in [1.29, 1.82) is 0 Å². The lowest BCUT2D eigenvalue weighted by Crippen LogP contribution is -2.45. The molecule has 0 aromatic carbocycles. The van der Waals surface area contributed by atoms with E-state index in [0.717, 1.165) is 51.1 Å². The first-order valence-electron chi connectivity index (χ1n) is 6.97. The van der Waals surface area contributed by atoms with E-state index in [1.165, 1.54) is 0 Å². The van der Waals surface area contributed by atoms with Crippen molar-refractivity contribution in [3.63, 3.8) is 0 Å². The molecule has 2 heterocycles. The van der Waals surface area contributed by atoms with Crippen molar-refractivity contribution in [2.45, 2.75) is 51.0 Å². The number of aliphatic hydroxyl groups is 1. The summed E-state index contributed by atoms with van der Waals surface area (Å²) in [6, 6.07) is 0. The van der Waals surface area contributed by atoms with Crippen molar-refractivity contribution in [3.8, 4) is 0 Å². The van der Waals surface area contributed by atoms with Crippen molar-refractivity contribution in [1.82, 2.24) is 20.1 Å². The van der Waals surface area contributed by atoms with Crippen LogP contribution in [0.4, 0.5) is 0 Å². The summed E-state index contributed by atoms with van der Waals surface area (Å²) >= 11 is 0. The van der Waals surface area contributed by atoms with E-state index in [4.69, 9.17) is 0 Å². The van der Waals surface area contributed by atoms with Crippen LogP contribution in [-0.4, -0.2) is 50.4 Å². The number of hydrogen-bond acceptors (Lipinski definition) is 4. The lowest BCUT2D eigenvalue weighted by atomic mass is 9.92. The molecule has 1 aromatic rings. The molecule has 0 unspecified atom stereocenters. The maximum Gasteiger partial charge on any atom is 0.137 e. The second-order valence-electron chi connectivity index (χ2n) is 5.35. The largest absolute Gasteiger partial charge is 0.389 e. The molecular weight excluding hydrogens is 228 g/mol. The molecular formula is C13H24N4O. The maximum atomic E-state index is 10.4. The Morgan fingerprint density at radius 1 is 1.39 bits per heavy atom. The topological polar surface area (TPSA) is 65.0 Å². The first kappa shape index (κ1) is 13.5. The molecule has 0 saturated carbocycles. The number of hydrogen-bond donors (Lipinski definition) is 2. The summed E-state index contributed by atoms with van der Waals surface area (Å²) in [5, 5.41) is 17.2. The smallest absolute Gasteiger partial charge is 0.137 e. The van der Waals surface area contributed by atoms with E-state index < -0.39 is 5.60 Å². The highest BCUT2D eigenvalue weighted by Crippen LogP contribution is 2.27. The number of nitrogens with one attached hydrogen (secondary N) is 1. The van der Waals surface area contributed by atoms with Gasteiger partial charge < -0.3 is 10.0 Å². The van der Waals surface area contributed by atoms with Gasteiger partial charge in [-0.25, -0.2) is 4.98 Å². The van der Waals surface area contributed by atoms with Crippen molar-refractivity contribution in [2.75, 3.05) is 19.6 Å². The Bertz CT molecular complexity index is 340. The average Bonchev–Trinajstić information content (AvgIpc) is 2.93. The Kier molecular flexibility index (Phi) is 4.35. The molecule has 2 N–H and O–H groups in total.